The molecule has 1 atom stereocenters. The van der Waals surface area contributed by atoms with Gasteiger partial charge in [0.2, 0.25) is 0 Å². The summed E-state index contributed by atoms with van der Waals surface area (Å²) in [6.45, 7) is 0. The fraction of sp³-hybridized carbons (Fsp3) is 0.500. The van der Waals surface area contributed by atoms with Crippen molar-refractivity contribution in [2.24, 2.45) is 5.73 Å². The second-order valence-corrected chi connectivity index (χ2v) is 3.91. The summed E-state index contributed by atoms with van der Waals surface area (Å²) in [5.41, 5.74) is 6.30. The minimum absolute atomic E-state index is 0.167. The third-order valence-corrected chi connectivity index (χ3v) is 2.54. The molecule has 6 heteroatoms. The van der Waals surface area contributed by atoms with Crippen LogP contribution < -0.4 is 15.2 Å². The third kappa shape index (κ3) is 4.44. The van der Waals surface area contributed by atoms with Crippen LogP contribution in [-0.4, -0.2) is 20.4 Å². The normalized spacial score (nSPS) is 13.2. The van der Waals surface area contributed by atoms with Crippen molar-refractivity contribution in [3.05, 3.63) is 23.8 Å². The van der Waals surface area contributed by atoms with Crippen molar-refractivity contribution in [3.63, 3.8) is 0 Å². The van der Waals surface area contributed by atoms with Gasteiger partial charge in [0.05, 0.1) is 14.2 Å². The molecule has 0 radical (unpaired) electrons. The van der Waals surface area contributed by atoms with Crippen LogP contribution in [0.3, 0.4) is 0 Å². The largest absolute Gasteiger partial charge is 0.497 e. The Kier molecular flexibility index (Phi) is 4.84. The van der Waals surface area contributed by atoms with E-state index < -0.39 is 18.6 Å². The molecule has 0 heterocycles. The first kappa shape index (κ1) is 14.6. The minimum Gasteiger partial charge on any atom is -0.497 e. The minimum atomic E-state index is -4.19. The molecule has 0 aliphatic carbocycles. The van der Waals surface area contributed by atoms with Gasteiger partial charge in [-0.25, -0.2) is 0 Å². The topological polar surface area (TPSA) is 44.5 Å². The Bertz CT molecular complexity index is 371. The predicted molar refractivity (Wildman–Crippen MR) is 61.8 cm³/mol. The van der Waals surface area contributed by atoms with E-state index in [4.69, 9.17) is 15.2 Å². The average molecular weight is 263 g/mol. The Morgan fingerprint density at radius 3 is 2.00 bits per heavy atom. The van der Waals surface area contributed by atoms with Gasteiger partial charge in [0.1, 0.15) is 11.5 Å². The smallest absolute Gasteiger partial charge is 0.389 e. The summed E-state index contributed by atoms with van der Waals surface area (Å²) >= 11 is 0. The Hall–Kier alpha value is -1.43. The first-order chi connectivity index (χ1) is 8.35. The number of hydrogen-bond donors (Lipinski definition) is 1. The Morgan fingerprint density at radius 2 is 1.61 bits per heavy atom. The Labute approximate surface area is 104 Å². The van der Waals surface area contributed by atoms with Crippen molar-refractivity contribution in [1.29, 1.82) is 0 Å². The van der Waals surface area contributed by atoms with Gasteiger partial charge in [-0.1, -0.05) is 0 Å². The predicted octanol–water partition coefficient (Wildman–Crippen LogP) is 3.05. The SMILES string of the molecule is COc1cc(OC)cc([C@@H](N)CCC(F)(F)F)c1. The summed E-state index contributed by atoms with van der Waals surface area (Å²) in [6.07, 6.45) is -5.27. The van der Waals surface area contributed by atoms with Crippen molar-refractivity contribution in [1.82, 2.24) is 0 Å². The van der Waals surface area contributed by atoms with Crippen LogP contribution in [0.15, 0.2) is 18.2 Å². The van der Waals surface area contributed by atoms with Gasteiger partial charge >= 0.3 is 6.18 Å². The molecule has 102 valence electrons. The average Bonchev–Trinajstić information content (AvgIpc) is 2.34. The second kappa shape index (κ2) is 5.95. The van der Waals surface area contributed by atoms with E-state index in [1.165, 1.54) is 14.2 Å². The lowest BCUT2D eigenvalue weighted by molar-refractivity contribution is -0.136. The van der Waals surface area contributed by atoms with Crippen LogP contribution in [0.25, 0.3) is 0 Å². The summed E-state index contributed by atoms with van der Waals surface area (Å²) in [7, 11) is 2.94. The molecule has 0 aliphatic rings. The molecule has 0 aliphatic heterocycles. The monoisotopic (exact) mass is 263 g/mol. The van der Waals surface area contributed by atoms with Crippen LogP contribution in [0, 0.1) is 0 Å². The van der Waals surface area contributed by atoms with Crippen LogP contribution in [0.2, 0.25) is 0 Å². The number of rotatable bonds is 5. The quantitative estimate of drug-likeness (QED) is 0.888. The maximum Gasteiger partial charge on any atom is 0.389 e. The van der Waals surface area contributed by atoms with Crippen molar-refractivity contribution in [2.75, 3.05) is 14.2 Å². The highest BCUT2D eigenvalue weighted by Crippen LogP contribution is 2.30. The first-order valence-electron chi connectivity index (χ1n) is 5.41. The van der Waals surface area contributed by atoms with Crippen molar-refractivity contribution in [3.8, 4) is 11.5 Å². The van der Waals surface area contributed by atoms with E-state index in [1.54, 1.807) is 18.2 Å². The van der Waals surface area contributed by atoms with Gasteiger partial charge in [0.15, 0.2) is 0 Å². The Balaban J connectivity index is 2.81. The van der Waals surface area contributed by atoms with Crippen molar-refractivity contribution >= 4 is 0 Å². The van der Waals surface area contributed by atoms with E-state index in [0.29, 0.717) is 17.1 Å². The summed E-state index contributed by atoms with van der Waals surface area (Å²) in [5.74, 6) is 1.01. The van der Waals surface area contributed by atoms with Crippen LogP contribution in [0.5, 0.6) is 11.5 Å². The zero-order chi connectivity index (χ0) is 13.8. The fourth-order valence-corrected chi connectivity index (χ4v) is 1.53. The van der Waals surface area contributed by atoms with Crippen LogP contribution in [-0.2, 0) is 0 Å². The molecule has 0 bridgehead atoms. The maximum atomic E-state index is 12.1. The van der Waals surface area contributed by atoms with Gasteiger partial charge in [-0.15, -0.1) is 0 Å². The molecular weight excluding hydrogens is 247 g/mol. The van der Waals surface area contributed by atoms with E-state index in [2.05, 4.69) is 0 Å². The molecule has 0 unspecified atom stereocenters. The molecule has 1 aromatic rings. The van der Waals surface area contributed by atoms with E-state index in [1.807, 2.05) is 0 Å². The number of alkyl halides is 3. The van der Waals surface area contributed by atoms with E-state index in [-0.39, 0.29) is 6.42 Å². The van der Waals surface area contributed by atoms with Crippen LogP contribution in [0.1, 0.15) is 24.4 Å². The lowest BCUT2D eigenvalue weighted by atomic mass is 10.0. The van der Waals surface area contributed by atoms with Gasteiger partial charge in [0, 0.05) is 18.5 Å². The first-order valence-corrected chi connectivity index (χ1v) is 5.41. The third-order valence-electron chi connectivity index (χ3n) is 2.54. The molecule has 0 saturated heterocycles. The molecular formula is C12H16F3NO2. The van der Waals surface area contributed by atoms with Crippen molar-refractivity contribution in [2.45, 2.75) is 25.1 Å². The number of nitrogens with two attached hydrogens (primary N) is 1. The molecule has 0 aromatic heterocycles. The number of methoxy groups -OCH3 is 2. The summed E-state index contributed by atoms with van der Waals surface area (Å²) in [5, 5.41) is 0. The van der Waals surface area contributed by atoms with Gasteiger partial charge in [0.25, 0.3) is 0 Å². The molecule has 0 amide bonds. The van der Waals surface area contributed by atoms with Crippen LogP contribution >= 0.6 is 0 Å². The maximum absolute atomic E-state index is 12.1. The Morgan fingerprint density at radius 1 is 1.11 bits per heavy atom. The zero-order valence-corrected chi connectivity index (χ0v) is 10.3. The van der Waals surface area contributed by atoms with E-state index in [9.17, 15) is 13.2 Å². The summed E-state index contributed by atoms with van der Waals surface area (Å²) in [6, 6.07) is 4.17. The molecule has 3 nitrogen and oxygen atoms in total. The van der Waals surface area contributed by atoms with Crippen LogP contribution in [0.4, 0.5) is 13.2 Å². The highest BCUT2D eigenvalue weighted by Gasteiger charge is 2.28. The van der Waals surface area contributed by atoms with Gasteiger partial charge in [-0.2, -0.15) is 13.2 Å². The summed E-state index contributed by atoms with van der Waals surface area (Å²) < 4.78 is 46.4. The number of halogens is 3. The lowest BCUT2D eigenvalue weighted by Crippen LogP contribution is -2.16. The number of hydrogen-bond acceptors (Lipinski definition) is 3. The highest BCUT2D eigenvalue weighted by molar-refractivity contribution is 5.39. The fourth-order valence-electron chi connectivity index (χ4n) is 1.53. The van der Waals surface area contributed by atoms with Gasteiger partial charge < -0.3 is 15.2 Å². The highest BCUT2D eigenvalue weighted by atomic mass is 19.4. The molecule has 0 spiro atoms. The summed E-state index contributed by atoms with van der Waals surface area (Å²) in [4.78, 5) is 0. The molecule has 2 N–H and O–H groups in total. The molecule has 0 fully saturated rings. The van der Waals surface area contributed by atoms with Crippen molar-refractivity contribution < 1.29 is 22.6 Å². The van der Waals surface area contributed by atoms with E-state index in [0.717, 1.165) is 0 Å². The molecule has 1 rings (SSSR count). The molecule has 0 saturated carbocycles. The number of ether oxygens (including phenoxy) is 2. The van der Waals surface area contributed by atoms with Gasteiger partial charge in [-0.05, 0) is 24.1 Å². The standard InChI is InChI=1S/C12H16F3NO2/c1-17-9-5-8(6-10(7-9)18-2)11(16)3-4-12(13,14)15/h5-7,11H,3-4,16H2,1-2H3/t11-/m0/s1. The lowest BCUT2D eigenvalue weighted by Gasteiger charge is -2.15. The molecule has 1 aromatic carbocycles. The zero-order valence-electron chi connectivity index (χ0n) is 10.3. The second-order valence-electron chi connectivity index (χ2n) is 3.91. The molecule has 18 heavy (non-hydrogen) atoms. The number of benzene rings is 1. The van der Waals surface area contributed by atoms with E-state index >= 15 is 0 Å². The van der Waals surface area contributed by atoms with Gasteiger partial charge in [-0.3, -0.25) is 0 Å².